The second-order valence-corrected chi connectivity index (χ2v) is 10.5. The summed E-state index contributed by atoms with van der Waals surface area (Å²) >= 11 is 3.31. The van der Waals surface area contributed by atoms with Gasteiger partial charge in [-0.25, -0.2) is 8.42 Å². The van der Waals surface area contributed by atoms with E-state index in [-0.39, 0.29) is 10.8 Å². The van der Waals surface area contributed by atoms with Crippen LogP contribution in [-0.4, -0.2) is 31.8 Å². The van der Waals surface area contributed by atoms with Gasteiger partial charge in [0.1, 0.15) is 0 Å². The van der Waals surface area contributed by atoms with Gasteiger partial charge < -0.3 is 4.90 Å². The molecule has 1 saturated heterocycles. The van der Waals surface area contributed by atoms with Crippen molar-refractivity contribution < 1.29 is 13.2 Å². The summed E-state index contributed by atoms with van der Waals surface area (Å²) in [5, 5.41) is 0. The summed E-state index contributed by atoms with van der Waals surface area (Å²) in [5.74, 6) is 0.615. The van der Waals surface area contributed by atoms with Crippen LogP contribution in [-0.2, 0) is 10.0 Å². The maximum absolute atomic E-state index is 13.2. The Morgan fingerprint density at radius 2 is 1.72 bits per heavy atom. The van der Waals surface area contributed by atoms with E-state index in [9.17, 15) is 13.2 Å². The van der Waals surface area contributed by atoms with E-state index in [0.29, 0.717) is 23.2 Å². The molecule has 1 atom stereocenters. The van der Waals surface area contributed by atoms with Crippen molar-refractivity contribution in [2.24, 2.45) is 5.92 Å². The molecule has 4 rings (SSSR count). The molecule has 0 radical (unpaired) electrons. The van der Waals surface area contributed by atoms with Gasteiger partial charge in [0.15, 0.2) is 0 Å². The fraction of sp³-hybridized carbons (Fsp3) is 0.409. The van der Waals surface area contributed by atoms with Crippen LogP contribution in [0.1, 0.15) is 48.9 Å². The Hall–Kier alpha value is -1.86. The number of nitrogens with zero attached hydrogens (tertiary/aromatic N) is 1. The van der Waals surface area contributed by atoms with E-state index >= 15 is 0 Å². The lowest BCUT2D eigenvalue weighted by molar-refractivity contribution is 0.0689. The van der Waals surface area contributed by atoms with Crippen LogP contribution in [0.2, 0.25) is 0 Å². The molecule has 0 aromatic heterocycles. The van der Waals surface area contributed by atoms with Crippen molar-refractivity contribution in [1.82, 2.24) is 4.90 Å². The highest BCUT2D eigenvalue weighted by atomic mass is 79.9. The summed E-state index contributed by atoms with van der Waals surface area (Å²) in [5.41, 5.74) is 0.932. The zero-order valence-electron chi connectivity index (χ0n) is 16.2. The Labute approximate surface area is 180 Å². The highest BCUT2D eigenvalue weighted by Gasteiger charge is 2.36. The number of benzene rings is 2. The molecular weight excluding hydrogens is 452 g/mol. The van der Waals surface area contributed by atoms with Crippen molar-refractivity contribution in [2.75, 3.05) is 11.3 Å². The van der Waals surface area contributed by atoms with Crippen LogP contribution < -0.4 is 4.72 Å². The maximum Gasteiger partial charge on any atom is 0.261 e. The number of anilines is 1. The first-order valence-corrected chi connectivity index (χ1v) is 12.4. The Kier molecular flexibility index (Phi) is 5.97. The van der Waals surface area contributed by atoms with Gasteiger partial charge in [-0.2, -0.15) is 0 Å². The fourth-order valence-corrected chi connectivity index (χ4v) is 5.90. The van der Waals surface area contributed by atoms with Crippen molar-refractivity contribution in [3.8, 4) is 0 Å². The second kappa shape index (κ2) is 8.48. The van der Waals surface area contributed by atoms with E-state index in [0.717, 1.165) is 23.9 Å². The number of likely N-dealkylation sites (tertiary alicyclic amines) is 1. The number of carbonyl (C=O) groups excluding carboxylic acids is 1. The Morgan fingerprint density at radius 3 is 2.45 bits per heavy atom. The van der Waals surface area contributed by atoms with Gasteiger partial charge >= 0.3 is 0 Å². The molecule has 2 fully saturated rings. The fourth-order valence-electron chi connectivity index (χ4n) is 4.59. The molecule has 2 aromatic carbocycles. The molecule has 1 aliphatic heterocycles. The molecule has 2 aromatic rings. The minimum absolute atomic E-state index is 0.00379. The van der Waals surface area contributed by atoms with Gasteiger partial charge in [-0.05, 0) is 74.1 Å². The lowest BCUT2D eigenvalue weighted by Gasteiger charge is -2.29. The van der Waals surface area contributed by atoms with Crippen LogP contribution in [0.5, 0.6) is 0 Å². The van der Waals surface area contributed by atoms with Crippen molar-refractivity contribution in [3.63, 3.8) is 0 Å². The van der Waals surface area contributed by atoms with E-state index < -0.39 is 10.0 Å². The zero-order valence-corrected chi connectivity index (χ0v) is 18.6. The second-order valence-electron chi connectivity index (χ2n) is 7.89. The molecule has 1 amide bonds. The summed E-state index contributed by atoms with van der Waals surface area (Å²) in [6.07, 6.45) is 7.06. The molecular formula is C22H25BrN2O3S. The summed E-state index contributed by atoms with van der Waals surface area (Å²) in [7, 11) is -3.71. The molecule has 2 aliphatic rings. The molecule has 29 heavy (non-hydrogen) atoms. The van der Waals surface area contributed by atoms with Crippen LogP contribution in [0.25, 0.3) is 0 Å². The lowest BCUT2D eigenvalue weighted by Crippen LogP contribution is -2.39. The van der Waals surface area contributed by atoms with Crippen LogP contribution in [0.3, 0.4) is 0 Å². The molecule has 0 spiro atoms. The van der Waals surface area contributed by atoms with Crippen LogP contribution >= 0.6 is 15.9 Å². The number of amides is 1. The van der Waals surface area contributed by atoms with Gasteiger partial charge in [0.25, 0.3) is 15.9 Å². The van der Waals surface area contributed by atoms with Crippen molar-refractivity contribution >= 4 is 37.5 Å². The largest absolute Gasteiger partial charge is 0.335 e. The summed E-state index contributed by atoms with van der Waals surface area (Å²) in [6.45, 7) is 0.787. The first-order valence-electron chi connectivity index (χ1n) is 10.1. The van der Waals surface area contributed by atoms with Gasteiger partial charge in [-0.15, -0.1) is 0 Å². The summed E-state index contributed by atoms with van der Waals surface area (Å²) in [4.78, 5) is 15.4. The summed E-state index contributed by atoms with van der Waals surface area (Å²) in [6, 6.07) is 13.6. The molecule has 1 unspecified atom stereocenters. The molecule has 154 valence electrons. The number of sulfonamides is 1. The number of rotatable bonds is 5. The molecule has 1 N–H and O–H groups in total. The van der Waals surface area contributed by atoms with E-state index in [1.165, 1.54) is 37.8 Å². The van der Waals surface area contributed by atoms with Crippen LogP contribution in [0, 0.1) is 5.92 Å². The van der Waals surface area contributed by atoms with Gasteiger partial charge in [-0.3, -0.25) is 9.52 Å². The minimum Gasteiger partial charge on any atom is -0.335 e. The highest BCUT2D eigenvalue weighted by molar-refractivity contribution is 9.10. The van der Waals surface area contributed by atoms with E-state index in [1.54, 1.807) is 36.4 Å². The molecule has 5 nitrogen and oxygen atoms in total. The maximum atomic E-state index is 13.2. The average Bonchev–Trinajstić information content (AvgIpc) is 3.39. The lowest BCUT2D eigenvalue weighted by atomic mass is 9.95. The predicted octanol–water partition coefficient (Wildman–Crippen LogP) is 5.04. The first-order chi connectivity index (χ1) is 13.9. The normalized spacial score (nSPS) is 20.2. The standard InChI is InChI=1S/C22H25BrN2O3S/c23-18-10-12-20(13-11-18)29(27,28)24-19-8-3-7-17(15-19)22(26)25-14-4-9-21(25)16-5-1-2-6-16/h3,7-8,10-13,15-16,21,24H,1-2,4-6,9,14H2. The number of halogens is 1. The van der Waals surface area contributed by atoms with Crippen LogP contribution in [0.15, 0.2) is 57.9 Å². The van der Waals surface area contributed by atoms with E-state index in [4.69, 9.17) is 0 Å². The Bertz CT molecular complexity index is 985. The van der Waals surface area contributed by atoms with Gasteiger partial charge in [0, 0.05) is 28.3 Å². The molecule has 7 heteroatoms. The van der Waals surface area contributed by atoms with E-state index in [2.05, 4.69) is 20.7 Å². The van der Waals surface area contributed by atoms with Crippen molar-refractivity contribution in [2.45, 2.75) is 49.5 Å². The molecule has 1 aliphatic carbocycles. The monoisotopic (exact) mass is 476 g/mol. The third kappa shape index (κ3) is 4.51. The van der Waals surface area contributed by atoms with Crippen molar-refractivity contribution in [1.29, 1.82) is 0 Å². The van der Waals surface area contributed by atoms with Gasteiger partial charge in [0.05, 0.1) is 4.90 Å². The number of carbonyl (C=O) groups is 1. The SMILES string of the molecule is O=C(c1cccc(NS(=O)(=O)c2ccc(Br)cc2)c1)N1CCCC1C1CCCC1. The number of hydrogen-bond acceptors (Lipinski definition) is 3. The quantitative estimate of drug-likeness (QED) is 0.656. The van der Waals surface area contributed by atoms with Gasteiger partial charge in [-0.1, -0.05) is 34.8 Å². The number of hydrogen-bond donors (Lipinski definition) is 1. The molecule has 1 saturated carbocycles. The van der Waals surface area contributed by atoms with Gasteiger partial charge in [0.2, 0.25) is 0 Å². The average molecular weight is 477 g/mol. The Balaban J connectivity index is 1.52. The minimum atomic E-state index is -3.71. The molecule has 0 bridgehead atoms. The van der Waals surface area contributed by atoms with Crippen LogP contribution in [0.4, 0.5) is 5.69 Å². The van der Waals surface area contributed by atoms with E-state index in [1.807, 2.05) is 4.90 Å². The van der Waals surface area contributed by atoms with Crippen molar-refractivity contribution in [3.05, 3.63) is 58.6 Å². The first kappa shape index (κ1) is 20.4. The molecule has 1 heterocycles. The zero-order chi connectivity index (χ0) is 20.4. The third-order valence-electron chi connectivity index (χ3n) is 5.99. The Morgan fingerprint density at radius 1 is 1.00 bits per heavy atom. The predicted molar refractivity (Wildman–Crippen MR) is 117 cm³/mol. The number of nitrogens with one attached hydrogen (secondary N) is 1. The third-order valence-corrected chi connectivity index (χ3v) is 7.92. The highest BCUT2D eigenvalue weighted by Crippen LogP contribution is 2.36. The summed E-state index contributed by atoms with van der Waals surface area (Å²) < 4.78 is 28.7. The topological polar surface area (TPSA) is 66.5 Å². The smallest absolute Gasteiger partial charge is 0.261 e.